The molecule has 248 valence electrons. The molecule has 2 N–H and O–H groups in total. The molecule has 1 atom stereocenters. The van der Waals surface area contributed by atoms with E-state index in [4.69, 9.17) is 4.74 Å². The molecule has 0 saturated heterocycles. The first kappa shape index (κ1) is 35.3. The van der Waals surface area contributed by atoms with Gasteiger partial charge in [-0.3, -0.25) is 9.59 Å². The lowest BCUT2D eigenvalue weighted by atomic mass is 9.86. The number of carbonyl (C=O) groups is 2. The maximum atomic E-state index is 13.1. The van der Waals surface area contributed by atoms with Crippen LogP contribution in [0.5, 0.6) is 5.75 Å². The molecule has 0 fully saturated rings. The van der Waals surface area contributed by atoms with Gasteiger partial charge in [0.1, 0.15) is 11.8 Å². The molecular weight excluding hydrogens is 584 g/mol. The van der Waals surface area contributed by atoms with Crippen LogP contribution in [0.25, 0.3) is 22.5 Å². The summed E-state index contributed by atoms with van der Waals surface area (Å²) in [6, 6.07) is 22.7. The van der Waals surface area contributed by atoms with Gasteiger partial charge in [0.2, 0.25) is 5.91 Å². The summed E-state index contributed by atoms with van der Waals surface area (Å²) in [6.07, 6.45) is 10.9. The first-order chi connectivity index (χ1) is 22.7. The van der Waals surface area contributed by atoms with Gasteiger partial charge in [0.15, 0.2) is 5.82 Å². The quantitative estimate of drug-likeness (QED) is 0.121. The number of rotatable bonds is 16. The molecule has 4 aromatic rings. The molecule has 1 heterocycles. The Kier molecular flexibility index (Phi) is 13.1. The van der Waals surface area contributed by atoms with Crippen LogP contribution in [-0.4, -0.2) is 41.0 Å². The number of unbranched alkanes of at least 4 members (excludes halogenated alkanes) is 4. The van der Waals surface area contributed by atoms with Gasteiger partial charge in [-0.2, -0.15) is 0 Å². The van der Waals surface area contributed by atoms with Crippen molar-refractivity contribution in [2.24, 2.45) is 0 Å². The third kappa shape index (κ3) is 10.8. The fourth-order valence-electron chi connectivity index (χ4n) is 5.23. The summed E-state index contributed by atoms with van der Waals surface area (Å²) in [5.41, 5.74) is 5.42. The number of nitrogens with one attached hydrogen (secondary N) is 2. The lowest BCUT2D eigenvalue weighted by Gasteiger charge is -2.20. The molecule has 47 heavy (non-hydrogen) atoms. The number of aromatic nitrogens is 2. The summed E-state index contributed by atoms with van der Waals surface area (Å²) in [5, 5.41) is 5.89. The minimum atomic E-state index is -0.708. The fraction of sp³-hybridized carbons (Fsp3) is 0.400. The van der Waals surface area contributed by atoms with Crippen LogP contribution < -0.4 is 15.4 Å². The minimum absolute atomic E-state index is 0.00840. The number of amides is 2. The first-order valence-electron chi connectivity index (χ1n) is 17.0. The maximum Gasteiger partial charge on any atom is 0.251 e. The summed E-state index contributed by atoms with van der Waals surface area (Å²) in [5.74, 6) is 1.03. The van der Waals surface area contributed by atoms with Crippen LogP contribution in [0.1, 0.15) is 94.6 Å². The lowest BCUT2D eigenvalue weighted by Crippen LogP contribution is -2.48. The van der Waals surface area contributed by atoms with E-state index in [1.807, 2.05) is 92.1 Å². The SMILES string of the molecule is CCCCCCCOc1ccc(-c2cnc(-c3ccc(CC(NC(=O)c4ccc(C(C)(C)C)cc4)C(=O)NCCC)cc3)nc2)cc1. The fourth-order valence-corrected chi connectivity index (χ4v) is 5.23. The van der Waals surface area contributed by atoms with E-state index in [1.165, 1.54) is 25.7 Å². The molecule has 4 rings (SSSR count). The van der Waals surface area contributed by atoms with E-state index in [1.54, 1.807) is 0 Å². The highest BCUT2D eigenvalue weighted by molar-refractivity contribution is 5.97. The van der Waals surface area contributed by atoms with E-state index in [9.17, 15) is 9.59 Å². The summed E-state index contributed by atoms with van der Waals surface area (Å²) < 4.78 is 5.90. The zero-order chi connectivity index (χ0) is 33.6. The monoisotopic (exact) mass is 634 g/mol. The summed E-state index contributed by atoms with van der Waals surface area (Å²) in [6.45, 7) is 11.9. The van der Waals surface area contributed by atoms with Crippen LogP contribution in [0, 0.1) is 0 Å². The van der Waals surface area contributed by atoms with Gasteiger partial charge in [-0.15, -0.1) is 0 Å². The molecule has 0 aliphatic heterocycles. The van der Waals surface area contributed by atoms with Gasteiger partial charge in [-0.1, -0.05) is 109 Å². The van der Waals surface area contributed by atoms with Gasteiger partial charge in [-0.05, 0) is 59.2 Å². The lowest BCUT2D eigenvalue weighted by molar-refractivity contribution is -0.122. The second-order valence-electron chi connectivity index (χ2n) is 13.1. The maximum absolute atomic E-state index is 13.1. The van der Waals surface area contributed by atoms with Crippen molar-refractivity contribution >= 4 is 11.8 Å². The van der Waals surface area contributed by atoms with Crippen molar-refractivity contribution in [2.75, 3.05) is 13.2 Å². The third-order valence-corrected chi connectivity index (χ3v) is 8.19. The van der Waals surface area contributed by atoms with E-state index in [0.29, 0.717) is 24.4 Å². The number of carbonyl (C=O) groups excluding carboxylic acids is 2. The molecule has 3 aromatic carbocycles. The van der Waals surface area contributed by atoms with Crippen molar-refractivity contribution in [1.82, 2.24) is 20.6 Å². The van der Waals surface area contributed by atoms with Crippen LogP contribution >= 0.6 is 0 Å². The van der Waals surface area contributed by atoms with Crippen LogP contribution in [0.15, 0.2) is 85.2 Å². The van der Waals surface area contributed by atoms with E-state index < -0.39 is 6.04 Å². The molecule has 0 spiro atoms. The molecule has 1 aromatic heterocycles. The number of benzene rings is 3. The Balaban J connectivity index is 1.37. The predicted octanol–water partition coefficient (Wildman–Crippen LogP) is 8.32. The molecule has 0 bridgehead atoms. The van der Waals surface area contributed by atoms with Crippen molar-refractivity contribution in [3.63, 3.8) is 0 Å². The average Bonchev–Trinajstić information content (AvgIpc) is 3.08. The largest absolute Gasteiger partial charge is 0.494 e. The van der Waals surface area contributed by atoms with Crippen LogP contribution in [-0.2, 0) is 16.6 Å². The Morgan fingerprint density at radius 1 is 0.745 bits per heavy atom. The van der Waals surface area contributed by atoms with E-state index in [0.717, 1.165) is 53.0 Å². The Hall–Kier alpha value is -4.52. The highest BCUT2D eigenvalue weighted by Crippen LogP contribution is 2.24. The zero-order valence-corrected chi connectivity index (χ0v) is 28.6. The number of hydrogen-bond donors (Lipinski definition) is 2. The van der Waals surface area contributed by atoms with Crippen LogP contribution in [0.3, 0.4) is 0 Å². The van der Waals surface area contributed by atoms with Crippen LogP contribution in [0.2, 0.25) is 0 Å². The standard InChI is InChI=1S/C40H50N4O3/c1-6-8-9-10-11-25-47-35-22-18-30(19-23-35)33-27-42-37(43-28-33)31-14-12-29(13-15-31)26-36(39(46)41-24-7-2)44-38(45)32-16-20-34(21-17-32)40(3,4)5/h12-23,27-28,36H,6-11,24-26H2,1-5H3,(H,41,46)(H,44,45). The highest BCUT2D eigenvalue weighted by atomic mass is 16.5. The molecule has 7 nitrogen and oxygen atoms in total. The summed E-state index contributed by atoms with van der Waals surface area (Å²) in [4.78, 5) is 35.4. The van der Waals surface area contributed by atoms with Gasteiger partial charge in [0, 0.05) is 42.0 Å². The third-order valence-electron chi connectivity index (χ3n) is 8.19. The van der Waals surface area contributed by atoms with Crippen molar-refractivity contribution in [1.29, 1.82) is 0 Å². The van der Waals surface area contributed by atoms with Crippen LogP contribution in [0.4, 0.5) is 0 Å². The average molecular weight is 635 g/mol. The second kappa shape index (κ2) is 17.4. The number of ether oxygens (including phenoxy) is 1. The molecule has 0 radical (unpaired) electrons. The molecule has 2 amide bonds. The Labute approximate surface area is 280 Å². The minimum Gasteiger partial charge on any atom is -0.494 e. The van der Waals surface area contributed by atoms with Crippen molar-refractivity contribution in [3.8, 4) is 28.3 Å². The van der Waals surface area contributed by atoms with Crippen molar-refractivity contribution in [2.45, 2.75) is 91.0 Å². The molecular formula is C40H50N4O3. The predicted molar refractivity (Wildman–Crippen MR) is 191 cm³/mol. The van der Waals surface area contributed by atoms with Crippen molar-refractivity contribution < 1.29 is 14.3 Å². The number of hydrogen-bond acceptors (Lipinski definition) is 5. The second-order valence-corrected chi connectivity index (χ2v) is 13.1. The highest BCUT2D eigenvalue weighted by Gasteiger charge is 2.22. The van der Waals surface area contributed by atoms with Crippen molar-refractivity contribution in [3.05, 3.63) is 102 Å². The summed E-state index contributed by atoms with van der Waals surface area (Å²) in [7, 11) is 0. The molecule has 0 aliphatic carbocycles. The topological polar surface area (TPSA) is 93.2 Å². The summed E-state index contributed by atoms with van der Waals surface area (Å²) >= 11 is 0. The molecule has 7 heteroatoms. The Morgan fingerprint density at radius 2 is 1.38 bits per heavy atom. The van der Waals surface area contributed by atoms with Gasteiger partial charge >= 0.3 is 0 Å². The Morgan fingerprint density at radius 3 is 2.00 bits per heavy atom. The normalized spacial score (nSPS) is 11.9. The van der Waals surface area contributed by atoms with Gasteiger partial charge in [0.05, 0.1) is 6.61 Å². The van der Waals surface area contributed by atoms with Gasteiger partial charge in [0.25, 0.3) is 5.91 Å². The molecule has 0 aliphatic rings. The molecule has 1 unspecified atom stereocenters. The van der Waals surface area contributed by atoms with E-state index in [2.05, 4.69) is 48.3 Å². The van der Waals surface area contributed by atoms with Gasteiger partial charge in [-0.25, -0.2) is 9.97 Å². The van der Waals surface area contributed by atoms with Gasteiger partial charge < -0.3 is 15.4 Å². The first-order valence-corrected chi connectivity index (χ1v) is 17.0. The van der Waals surface area contributed by atoms with E-state index in [-0.39, 0.29) is 17.2 Å². The Bertz CT molecular complexity index is 1540. The smallest absolute Gasteiger partial charge is 0.251 e. The molecule has 0 saturated carbocycles. The number of nitrogens with zero attached hydrogens (tertiary/aromatic N) is 2. The van der Waals surface area contributed by atoms with E-state index >= 15 is 0 Å². The zero-order valence-electron chi connectivity index (χ0n) is 28.6.